The summed E-state index contributed by atoms with van der Waals surface area (Å²) in [5.74, 6) is 0.770. The number of ether oxygens (including phenoxy) is 1. The number of nitrogens with two attached hydrogens (primary N) is 1. The first-order valence-electron chi connectivity index (χ1n) is 6.70. The predicted molar refractivity (Wildman–Crippen MR) is 71.0 cm³/mol. The molecule has 2 N–H and O–H groups in total. The maximum atomic E-state index is 6.18. The molecule has 0 bridgehead atoms. The van der Waals surface area contributed by atoms with Gasteiger partial charge in [0.2, 0.25) is 0 Å². The van der Waals surface area contributed by atoms with Crippen molar-refractivity contribution in [1.29, 1.82) is 0 Å². The maximum absolute atomic E-state index is 6.18. The van der Waals surface area contributed by atoms with Gasteiger partial charge in [-0.05, 0) is 24.7 Å². The molecule has 1 aromatic rings. The Balaban J connectivity index is 2.15. The molecule has 0 aromatic carbocycles. The summed E-state index contributed by atoms with van der Waals surface area (Å²) in [5, 5.41) is 0. The number of hydrogen-bond acceptors (Lipinski definition) is 4. The minimum absolute atomic E-state index is 0.0642. The zero-order valence-corrected chi connectivity index (χ0v) is 11.6. The fourth-order valence-electron chi connectivity index (χ4n) is 2.53. The molecule has 0 spiro atoms. The summed E-state index contributed by atoms with van der Waals surface area (Å²) in [5.41, 5.74) is 8.61. The van der Waals surface area contributed by atoms with Crippen molar-refractivity contribution in [1.82, 2.24) is 9.97 Å². The molecule has 1 heterocycles. The Morgan fingerprint density at radius 1 is 1.50 bits per heavy atom. The summed E-state index contributed by atoms with van der Waals surface area (Å²) in [6.07, 6.45) is 4.87. The highest BCUT2D eigenvalue weighted by atomic mass is 16.5. The topological polar surface area (TPSA) is 61.0 Å². The summed E-state index contributed by atoms with van der Waals surface area (Å²) in [4.78, 5) is 8.96. The minimum Gasteiger partial charge on any atom is -0.373 e. The molecule has 1 aromatic heterocycles. The van der Waals surface area contributed by atoms with E-state index in [2.05, 4.69) is 30.7 Å². The zero-order valence-electron chi connectivity index (χ0n) is 11.6. The van der Waals surface area contributed by atoms with E-state index in [4.69, 9.17) is 10.5 Å². The van der Waals surface area contributed by atoms with Crippen LogP contribution in [0.25, 0.3) is 0 Å². The van der Waals surface area contributed by atoms with Crippen molar-refractivity contribution in [2.45, 2.75) is 52.7 Å². The van der Waals surface area contributed by atoms with Crippen molar-refractivity contribution in [3.05, 3.63) is 23.3 Å². The second kappa shape index (κ2) is 5.33. The molecular formula is C14H23N3O. The van der Waals surface area contributed by atoms with Gasteiger partial charge in [0.15, 0.2) is 5.82 Å². The Morgan fingerprint density at radius 3 is 3.00 bits per heavy atom. The summed E-state index contributed by atoms with van der Waals surface area (Å²) in [6, 6.07) is 0.0642. The van der Waals surface area contributed by atoms with Crippen LogP contribution in [0.15, 0.2) is 6.20 Å². The summed E-state index contributed by atoms with van der Waals surface area (Å²) >= 11 is 0. The molecule has 18 heavy (non-hydrogen) atoms. The second-order valence-corrected chi connectivity index (χ2v) is 5.89. The average molecular weight is 249 g/mol. The number of aromatic nitrogens is 2. The van der Waals surface area contributed by atoms with E-state index < -0.39 is 0 Å². The van der Waals surface area contributed by atoms with Crippen molar-refractivity contribution < 1.29 is 4.74 Å². The van der Waals surface area contributed by atoms with Crippen LogP contribution in [0.3, 0.4) is 0 Å². The lowest BCUT2D eigenvalue weighted by atomic mass is 9.74. The van der Waals surface area contributed by atoms with Gasteiger partial charge in [-0.3, -0.25) is 0 Å². The monoisotopic (exact) mass is 249 g/mol. The first-order valence-corrected chi connectivity index (χ1v) is 6.70. The van der Waals surface area contributed by atoms with Gasteiger partial charge in [-0.2, -0.15) is 0 Å². The molecule has 0 fully saturated rings. The highest BCUT2D eigenvalue weighted by molar-refractivity contribution is 5.26. The largest absolute Gasteiger partial charge is 0.373 e. The fraction of sp³-hybridized carbons (Fsp3) is 0.714. The smallest absolute Gasteiger partial charge is 0.154 e. The molecule has 100 valence electrons. The summed E-state index contributed by atoms with van der Waals surface area (Å²) in [7, 11) is 0. The van der Waals surface area contributed by atoms with Gasteiger partial charge < -0.3 is 10.5 Å². The van der Waals surface area contributed by atoms with Crippen molar-refractivity contribution >= 4 is 0 Å². The Hall–Kier alpha value is -1.00. The van der Waals surface area contributed by atoms with Gasteiger partial charge in [0.05, 0.1) is 0 Å². The highest BCUT2D eigenvalue weighted by Gasteiger charge is 2.31. The third kappa shape index (κ3) is 3.06. The van der Waals surface area contributed by atoms with Crippen LogP contribution in [0.5, 0.6) is 0 Å². The van der Waals surface area contributed by atoms with E-state index in [1.807, 2.05) is 6.20 Å². The first-order chi connectivity index (χ1) is 8.52. The van der Waals surface area contributed by atoms with E-state index >= 15 is 0 Å². The van der Waals surface area contributed by atoms with E-state index in [1.165, 1.54) is 0 Å². The van der Waals surface area contributed by atoms with Crippen LogP contribution in [-0.2, 0) is 17.8 Å². The van der Waals surface area contributed by atoms with Crippen molar-refractivity contribution in [2.75, 3.05) is 6.61 Å². The molecule has 1 atom stereocenters. The quantitative estimate of drug-likeness (QED) is 0.832. The molecule has 1 aliphatic carbocycles. The number of hydrogen-bond donors (Lipinski definition) is 1. The molecule has 4 heteroatoms. The number of rotatable bonds is 4. The summed E-state index contributed by atoms with van der Waals surface area (Å²) < 4.78 is 5.48. The molecule has 1 aliphatic rings. The molecule has 0 aliphatic heterocycles. The molecule has 4 nitrogen and oxygen atoms in total. The second-order valence-electron chi connectivity index (χ2n) is 5.89. The van der Waals surface area contributed by atoms with Crippen LogP contribution in [-0.4, -0.2) is 16.6 Å². The highest BCUT2D eigenvalue weighted by Crippen LogP contribution is 2.38. The maximum Gasteiger partial charge on any atom is 0.154 e. The minimum atomic E-state index is 0.0642. The van der Waals surface area contributed by atoms with Gasteiger partial charge in [-0.25, -0.2) is 9.97 Å². The van der Waals surface area contributed by atoms with Gasteiger partial charge in [0.25, 0.3) is 0 Å². The van der Waals surface area contributed by atoms with E-state index in [0.717, 1.165) is 43.0 Å². The standard InChI is InChI=1S/C14H23N3O/c1-4-5-18-9-13-16-8-10-11(15)6-14(2,3)7-12(10)17-13/h8,11H,4-7,9,15H2,1-3H3. The van der Waals surface area contributed by atoms with Gasteiger partial charge >= 0.3 is 0 Å². The fourth-order valence-corrected chi connectivity index (χ4v) is 2.53. The third-order valence-corrected chi connectivity index (χ3v) is 3.35. The molecule has 2 rings (SSSR count). The Morgan fingerprint density at radius 2 is 2.28 bits per heavy atom. The SMILES string of the molecule is CCCOCc1ncc2c(n1)CC(C)(C)CC2N. The number of nitrogens with zero attached hydrogens (tertiary/aromatic N) is 2. The Labute approximate surface area is 109 Å². The molecule has 0 amide bonds. The van der Waals surface area contributed by atoms with E-state index in [1.54, 1.807) is 0 Å². The first kappa shape index (κ1) is 13.4. The van der Waals surface area contributed by atoms with Gasteiger partial charge in [-0.15, -0.1) is 0 Å². The van der Waals surface area contributed by atoms with E-state index in [0.29, 0.717) is 6.61 Å². The van der Waals surface area contributed by atoms with Crippen LogP contribution < -0.4 is 5.73 Å². The van der Waals surface area contributed by atoms with Crippen molar-refractivity contribution in [3.8, 4) is 0 Å². The Bertz CT molecular complexity index is 418. The Kier molecular flexibility index (Phi) is 3.97. The van der Waals surface area contributed by atoms with Crippen LogP contribution >= 0.6 is 0 Å². The average Bonchev–Trinajstić information content (AvgIpc) is 2.27. The van der Waals surface area contributed by atoms with Crippen molar-refractivity contribution in [2.24, 2.45) is 11.1 Å². The van der Waals surface area contributed by atoms with E-state index in [-0.39, 0.29) is 11.5 Å². The van der Waals surface area contributed by atoms with E-state index in [9.17, 15) is 0 Å². The van der Waals surface area contributed by atoms with Crippen LogP contribution in [0, 0.1) is 5.41 Å². The van der Waals surface area contributed by atoms with Gasteiger partial charge in [-0.1, -0.05) is 20.8 Å². The summed E-state index contributed by atoms with van der Waals surface area (Å²) in [6.45, 7) is 7.83. The lowest BCUT2D eigenvalue weighted by Crippen LogP contribution is -2.31. The molecule has 0 saturated carbocycles. The van der Waals surface area contributed by atoms with Gasteiger partial charge in [0, 0.05) is 30.1 Å². The lowest BCUT2D eigenvalue weighted by molar-refractivity contribution is 0.115. The predicted octanol–water partition coefficient (Wildman–Crippen LogP) is 2.38. The zero-order chi connectivity index (χ0) is 13.2. The normalized spacial score (nSPS) is 21.7. The van der Waals surface area contributed by atoms with Gasteiger partial charge in [0.1, 0.15) is 6.61 Å². The van der Waals surface area contributed by atoms with Crippen LogP contribution in [0.1, 0.15) is 56.7 Å². The molecular weight excluding hydrogens is 226 g/mol. The molecule has 1 unspecified atom stereocenters. The molecule has 0 saturated heterocycles. The van der Waals surface area contributed by atoms with Crippen LogP contribution in [0.2, 0.25) is 0 Å². The number of fused-ring (bicyclic) bond motifs is 1. The lowest BCUT2D eigenvalue weighted by Gasteiger charge is -2.34. The van der Waals surface area contributed by atoms with Crippen molar-refractivity contribution in [3.63, 3.8) is 0 Å². The molecule has 0 radical (unpaired) electrons. The van der Waals surface area contributed by atoms with Crippen LogP contribution in [0.4, 0.5) is 0 Å². The third-order valence-electron chi connectivity index (χ3n) is 3.35.